The van der Waals surface area contributed by atoms with Crippen molar-refractivity contribution in [2.24, 2.45) is 5.41 Å². The maximum Gasteiger partial charge on any atom is 0.303 e. The van der Waals surface area contributed by atoms with Gasteiger partial charge < -0.3 is 14.7 Å². The molecule has 8 heteroatoms. The highest BCUT2D eigenvalue weighted by atomic mass is 35.5. The summed E-state index contributed by atoms with van der Waals surface area (Å²) in [5, 5.41) is 11.3. The number of halogens is 1. The Morgan fingerprint density at radius 1 is 1.19 bits per heavy atom. The zero-order valence-electron chi connectivity index (χ0n) is 20.8. The summed E-state index contributed by atoms with van der Waals surface area (Å²) in [7, 11) is 1.65. The molecule has 36 heavy (non-hydrogen) atoms. The van der Waals surface area contributed by atoms with Crippen LogP contribution >= 0.6 is 23.4 Å². The van der Waals surface area contributed by atoms with Crippen molar-refractivity contribution in [3.05, 3.63) is 59.5 Å². The van der Waals surface area contributed by atoms with Gasteiger partial charge in [-0.2, -0.15) is 0 Å². The summed E-state index contributed by atoms with van der Waals surface area (Å²) in [6, 6.07) is 9.93. The maximum atomic E-state index is 11.8. The molecule has 192 valence electrons. The summed E-state index contributed by atoms with van der Waals surface area (Å²) in [4.78, 5) is 24.0. The summed E-state index contributed by atoms with van der Waals surface area (Å²) in [6.45, 7) is 2.98. The number of aliphatic carboxylic acids is 1. The van der Waals surface area contributed by atoms with Gasteiger partial charge in [0, 0.05) is 28.9 Å². The number of methoxy groups -OCH3 is 1. The first kappa shape index (κ1) is 26.7. The van der Waals surface area contributed by atoms with Crippen molar-refractivity contribution >= 4 is 40.2 Å². The maximum absolute atomic E-state index is 11.8. The van der Waals surface area contributed by atoms with Crippen molar-refractivity contribution in [3.8, 4) is 5.75 Å². The minimum absolute atomic E-state index is 0.152. The van der Waals surface area contributed by atoms with Crippen molar-refractivity contribution in [2.45, 2.75) is 49.8 Å². The van der Waals surface area contributed by atoms with Gasteiger partial charge in [0.1, 0.15) is 5.75 Å². The molecule has 0 aliphatic carbocycles. The molecule has 0 saturated carbocycles. The van der Waals surface area contributed by atoms with Crippen LogP contribution in [0, 0.1) is 5.41 Å². The van der Waals surface area contributed by atoms with Crippen LogP contribution in [-0.2, 0) is 11.2 Å². The first-order valence-electron chi connectivity index (χ1n) is 12.6. The number of carbonyl (C=O) groups is 1. The predicted octanol–water partition coefficient (Wildman–Crippen LogP) is 6.35. The zero-order chi connectivity index (χ0) is 25.4. The molecule has 4 rings (SSSR count). The molecule has 1 fully saturated rings. The van der Waals surface area contributed by atoms with Crippen LogP contribution in [0.2, 0.25) is 5.02 Å². The van der Waals surface area contributed by atoms with E-state index in [2.05, 4.69) is 14.9 Å². The van der Waals surface area contributed by atoms with Crippen molar-refractivity contribution in [3.63, 3.8) is 0 Å². The Hall–Kier alpha value is -2.35. The number of ether oxygens (including phenoxy) is 1. The molecule has 0 unspecified atom stereocenters. The zero-order valence-corrected chi connectivity index (χ0v) is 22.4. The third-order valence-corrected chi connectivity index (χ3v) is 8.67. The summed E-state index contributed by atoms with van der Waals surface area (Å²) >= 11 is 8.41. The Bertz CT molecular complexity index is 1150. The molecule has 2 aromatic heterocycles. The number of benzene rings is 1. The van der Waals surface area contributed by atoms with Crippen LogP contribution in [0.1, 0.15) is 44.1 Å². The molecule has 1 aromatic carbocycles. The molecular weight excluding hydrogens is 494 g/mol. The third kappa shape index (κ3) is 7.11. The molecule has 3 heterocycles. The minimum atomic E-state index is -0.700. The van der Waals surface area contributed by atoms with E-state index in [1.165, 1.54) is 4.90 Å². The van der Waals surface area contributed by atoms with Gasteiger partial charge in [-0.25, -0.2) is 0 Å². The fourth-order valence-corrected chi connectivity index (χ4v) is 6.29. The minimum Gasteiger partial charge on any atom is -0.497 e. The fourth-order valence-electron chi connectivity index (χ4n) is 5.22. The number of hydrogen-bond acceptors (Lipinski definition) is 6. The number of thioether (sulfide) groups is 1. The molecule has 1 N–H and O–H groups in total. The third-order valence-electron chi connectivity index (χ3n) is 7.25. The number of carboxylic acids is 1. The second kappa shape index (κ2) is 12.7. The van der Waals surface area contributed by atoms with Crippen LogP contribution in [0.3, 0.4) is 0 Å². The molecule has 3 aromatic rings. The number of nitrogens with zero attached hydrogens (tertiary/aromatic N) is 3. The van der Waals surface area contributed by atoms with Crippen LogP contribution in [0.25, 0.3) is 10.9 Å². The van der Waals surface area contributed by atoms with E-state index in [4.69, 9.17) is 16.3 Å². The van der Waals surface area contributed by atoms with Gasteiger partial charge in [0.05, 0.1) is 24.1 Å². The number of fused-ring (bicyclic) bond motifs is 1. The molecule has 0 atom stereocenters. The van der Waals surface area contributed by atoms with E-state index >= 15 is 0 Å². The quantitative estimate of drug-likeness (QED) is 0.217. The number of likely N-dealkylation sites (tertiary alicyclic amines) is 1. The van der Waals surface area contributed by atoms with Crippen molar-refractivity contribution < 1.29 is 14.6 Å². The van der Waals surface area contributed by atoms with E-state index in [0.29, 0.717) is 5.02 Å². The highest BCUT2D eigenvalue weighted by Gasteiger charge is 2.36. The second-order valence-corrected chi connectivity index (χ2v) is 11.2. The molecule has 1 saturated heterocycles. The molecule has 1 aliphatic rings. The molecule has 0 radical (unpaired) electrons. The van der Waals surface area contributed by atoms with E-state index in [0.717, 1.165) is 86.1 Å². The summed E-state index contributed by atoms with van der Waals surface area (Å²) in [5.74, 6) is 1.16. The number of aryl methyl sites for hydroxylation is 1. The van der Waals surface area contributed by atoms with Gasteiger partial charge in [0.15, 0.2) is 0 Å². The lowest BCUT2D eigenvalue weighted by Gasteiger charge is -2.41. The lowest BCUT2D eigenvalue weighted by Crippen LogP contribution is -2.41. The molecule has 6 nitrogen and oxygen atoms in total. The van der Waals surface area contributed by atoms with E-state index in [1.807, 2.05) is 54.5 Å². The highest BCUT2D eigenvalue weighted by molar-refractivity contribution is 7.99. The second-order valence-electron chi connectivity index (χ2n) is 9.62. The van der Waals surface area contributed by atoms with E-state index in [-0.39, 0.29) is 11.8 Å². The van der Waals surface area contributed by atoms with Gasteiger partial charge in [-0.1, -0.05) is 11.6 Å². The number of aromatic nitrogens is 2. The van der Waals surface area contributed by atoms with Crippen molar-refractivity contribution in [1.82, 2.24) is 14.9 Å². The van der Waals surface area contributed by atoms with Crippen LogP contribution in [-0.4, -0.2) is 58.4 Å². The Morgan fingerprint density at radius 3 is 2.69 bits per heavy atom. The molecular formula is C28H34ClN3O3S. The summed E-state index contributed by atoms with van der Waals surface area (Å²) in [6.07, 6.45) is 11.2. The largest absolute Gasteiger partial charge is 0.497 e. The topological polar surface area (TPSA) is 75.6 Å². The summed E-state index contributed by atoms with van der Waals surface area (Å²) in [5.41, 5.74) is 1.81. The monoisotopic (exact) mass is 527 g/mol. The highest BCUT2D eigenvalue weighted by Crippen LogP contribution is 2.41. The molecule has 0 spiro atoms. The van der Waals surface area contributed by atoms with E-state index in [9.17, 15) is 9.90 Å². The van der Waals surface area contributed by atoms with Crippen LogP contribution in [0.15, 0.2) is 53.8 Å². The normalized spacial score (nSPS) is 15.7. The van der Waals surface area contributed by atoms with Gasteiger partial charge in [0.2, 0.25) is 0 Å². The molecule has 0 bridgehead atoms. The van der Waals surface area contributed by atoms with Gasteiger partial charge in [-0.15, -0.1) is 11.8 Å². The SMILES string of the molecule is COc1ccc2ncc(Cl)c(CCCC3(CC(=O)O)CCN(CCCSc4ccncc4)CC3)c2c1. The molecule has 0 amide bonds. The van der Waals surface area contributed by atoms with Crippen molar-refractivity contribution in [1.29, 1.82) is 0 Å². The smallest absolute Gasteiger partial charge is 0.303 e. The Labute approximate surface area is 222 Å². The first-order valence-corrected chi connectivity index (χ1v) is 13.9. The average molecular weight is 528 g/mol. The summed E-state index contributed by atoms with van der Waals surface area (Å²) < 4.78 is 5.40. The van der Waals surface area contributed by atoms with Crippen LogP contribution in [0.5, 0.6) is 5.75 Å². The standard InChI is InChI=1S/C28H34ClN3O3S/c1-35-21-5-6-26-24(18-21)23(25(29)20-31-26)4-2-9-28(19-27(33)34)10-15-32(16-11-28)14-3-17-36-22-7-12-30-13-8-22/h5-8,12-13,18,20H,2-4,9-11,14-17,19H2,1H3,(H,33,34). The van der Waals surface area contributed by atoms with Gasteiger partial charge in [0.25, 0.3) is 0 Å². The van der Waals surface area contributed by atoms with Crippen molar-refractivity contribution in [2.75, 3.05) is 32.5 Å². The Morgan fingerprint density at radius 2 is 1.97 bits per heavy atom. The number of rotatable bonds is 12. The fraction of sp³-hybridized carbons (Fsp3) is 0.464. The van der Waals surface area contributed by atoms with E-state index < -0.39 is 5.97 Å². The number of carboxylic acid groups (broad SMARTS) is 1. The van der Waals surface area contributed by atoms with Crippen LogP contribution < -0.4 is 4.74 Å². The number of pyridine rings is 2. The van der Waals surface area contributed by atoms with Gasteiger partial charge in [-0.05, 0) is 105 Å². The first-order chi connectivity index (χ1) is 17.5. The molecule has 1 aliphatic heterocycles. The average Bonchev–Trinajstić information content (AvgIpc) is 2.89. The van der Waals surface area contributed by atoms with Gasteiger partial charge in [-0.3, -0.25) is 14.8 Å². The van der Waals surface area contributed by atoms with Gasteiger partial charge >= 0.3 is 5.97 Å². The number of piperidine rings is 1. The van der Waals surface area contributed by atoms with Crippen LogP contribution in [0.4, 0.5) is 0 Å². The predicted molar refractivity (Wildman–Crippen MR) is 146 cm³/mol. The van der Waals surface area contributed by atoms with E-state index in [1.54, 1.807) is 13.3 Å². The lowest BCUT2D eigenvalue weighted by molar-refractivity contribution is -0.140. The lowest BCUT2D eigenvalue weighted by atomic mass is 9.72. The Balaban J connectivity index is 1.31. The Kier molecular flexibility index (Phi) is 9.46. The number of hydrogen-bond donors (Lipinski definition) is 1.